The topological polar surface area (TPSA) is 123 Å². The van der Waals surface area contributed by atoms with E-state index in [9.17, 15) is 14.7 Å². The summed E-state index contributed by atoms with van der Waals surface area (Å²) >= 11 is 0. The largest absolute Gasteiger partial charge is 0.493 e. The minimum absolute atomic E-state index is 0.0783. The van der Waals surface area contributed by atoms with Gasteiger partial charge in [-0.25, -0.2) is 0 Å². The molecule has 4 aliphatic carbocycles. The van der Waals surface area contributed by atoms with Gasteiger partial charge in [-0.05, 0) is 99.5 Å². The normalized spacial score (nSPS) is 27.3. The molecule has 1 aromatic rings. The number of aliphatic hydroxyl groups excluding tert-OH is 1. The zero-order chi connectivity index (χ0) is 28.7. The van der Waals surface area contributed by atoms with Crippen LogP contribution in [-0.4, -0.2) is 62.5 Å². The minimum atomic E-state index is -0.831. The standard InChI is InChI=1S/C32H51N3O5/c1-21(2)25(19-34-30(37)26-8-4-5-9-29(26)40-11-7-6-10-39-3)15-27(33)28(36)20-35-31(38)32-16-22-12-23(17-32)14-24(13-22)18-32/h4-5,8-9,21-25,27-28,36H,6-7,10-20,33H2,1-3H3,(H,34,37)(H,35,38). The van der Waals surface area contributed by atoms with Crippen LogP contribution in [0.15, 0.2) is 24.3 Å². The smallest absolute Gasteiger partial charge is 0.255 e. The molecular weight excluding hydrogens is 506 g/mol. The molecule has 2 amide bonds. The van der Waals surface area contributed by atoms with Crippen molar-refractivity contribution in [3.63, 3.8) is 0 Å². The Morgan fingerprint density at radius 2 is 1.62 bits per heavy atom. The van der Waals surface area contributed by atoms with E-state index in [1.165, 1.54) is 19.3 Å². The Kier molecular flexibility index (Phi) is 10.9. The number of nitrogens with two attached hydrogens (primary N) is 1. The first kappa shape index (κ1) is 30.8. The van der Waals surface area contributed by atoms with Crippen LogP contribution in [0.2, 0.25) is 0 Å². The summed E-state index contributed by atoms with van der Waals surface area (Å²) in [5.41, 5.74) is 6.72. The van der Waals surface area contributed by atoms with E-state index in [4.69, 9.17) is 15.2 Å². The highest BCUT2D eigenvalue weighted by Crippen LogP contribution is 2.60. The van der Waals surface area contributed by atoms with Gasteiger partial charge in [-0.2, -0.15) is 0 Å². The van der Waals surface area contributed by atoms with E-state index in [0.29, 0.717) is 55.2 Å². The predicted octanol–water partition coefficient (Wildman–Crippen LogP) is 3.90. The number of para-hydroxylation sites is 1. The zero-order valence-electron chi connectivity index (χ0n) is 24.7. The average Bonchev–Trinajstić information content (AvgIpc) is 2.92. The van der Waals surface area contributed by atoms with Crippen LogP contribution < -0.4 is 21.1 Å². The molecule has 5 N–H and O–H groups in total. The molecule has 3 atom stereocenters. The molecule has 8 nitrogen and oxygen atoms in total. The number of benzene rings is 1. The van der Waals surface area contributed by atoms with Gasteiger partial charge in [0.05, 0.1) is 18.3 Å². The number of methoxy groups -OCH3 is 1. The summed E-state index contributed by atoms with van der Waals surface area (Å²) in [5, 5.41) is 17.0. The van der Waals surface area contributed by atoms with E-state index in [1.54, 1.807) is 13.2 Å². The van der Waals surface area contributed by atoms with Crippen LogP contribution in [0.3, 0.4) is 0 Å². The highest BCUT2D eigenvalue weighted by Gasteiger charge is 2.54. The molecule has 0 heterocycles. The first-order chi connectivity index (χ1) is 19.2. The third kappa shape index (κ3) is 7.77. The molecule has 4 bridgehead atoms. The van der Waals surface area contributed by atoms with Crippen LogP contribution >= 0.6 is 0 Å². The molecule has 4 saturated carbocycles. The van der Waals surface area contributed by atoms with Crippen molar-refractivity contribution in [2.75, 3.05) is 33.4 Å². The fourth-order valence-corrected chi connectivity index (χ4v) is 7.65. The van der Waals surface area contributed by atoms with Gasteiger partial charge >= 0.3 is 0 Å². The fourth-order valence-electron chi connectivity index (χ4n) is 7.65. The highest BCUT2D eigenvalue weighted by atomic mass is 16.5. The van der Waals surface area contributed by atoms with E-state index in [0.717, 1.165) is 32.1 Å². The Morgan fingerprint density at radius 1 is 1.00 bits per heavy atom. The first-order valence-corrected chi connectivity index (χ1v) is 15.4. The summed E-state index contributed by atoms with van der Waals surface area (Å²) < 4.78 is 11.0. The number of hydrogen-bond acceptors (Lipinski definition) is 6. The van der Waals surface area contributed by atoms with Crippen molar-refractivity contribution in [2.24, 2.45) is 40.7 Å². The van der Waals surface area contributed by atoms with Crippen molar-refractivity contribution in [2.45, 2.75) is 83.8 Å². The van der Waals surface area contributed by atoms with Crippen molar-refractivity contribution < 1.29 is 24.2 Å². The number of aliphatic hydroxyl groups is 1. The van der Waals surface area contributed by atoms with Crippen molar-refractivity contribution in [3.8, 4) is 5.75 Å². The lowest BCUT2D eigenvalue weighted by atomic mass is 9.49. The lowest BCUT2D eigenvalue weighted by Gasteiger charge is -2.55. The summed E-state index contributed by atoms with van der Waals surface area (Å²) in [4.78, 5) is 26.3. The molecule has 1 aromatic carbocycles. The number of amides is 2. The maximum atomic E-state index is 13.3. The maximum Gasteiger partial charge on any atom is 0.255 e. The summed E-state index contributed by atoms with van der Waals surface area (Å²) in [6.07, 6.45) is 8.35. The van der Waals surface area contributed by atoms with Gasteiger partial charge in [0.1, 0.15) is 5.75 Å². The van der Waals surface area contributed by atoms with Crippen molar-refractivity contribution >= 4 is 11.8 Å². The van der Waals surface area contributed by atoms with Gasteiger partial charge in [-0.3, -0.25) is 9.59 Å². The zero-order valence-corrected chi connectivity index (χ0v) is 24.7. The van der Waals surface area contributed by atoms with Crippen LogP contribution in [-0.2, 0) is 9.53 Å². The third-order valence-corrected chi connectivity index (χ3v) is 9.66. The number of unbranched alkanes of at least 4 members (excludes halogenated alkanes) is 1. The van der Waals surface area contributed by atoms with E-state index in [-0.39, 0.29) is 35.6 Å². The third-order valence-electron chi connectivity index (χ3n) is 9.66. The summed E-state index contributed by atoms with van der Waals surface area (Å²) in [7, 11) is 1.68. The van der Waals surface area contributed by atoms with Crippen molar-refractivity contribution in [1.82, 2.24) is 10.6 Å². The SMILES string of the molecule is COCCCCOc1ccccc1C(=O)NCC(CC(N)C(O)CNC(=O)C12CC3CC(CC(C3)C1)C2)C(C)C. The molecule has 8 heteroatoms. The molecule has 0 spiro atoms. The van der Waals surface area contributed by atoms with Gasteiger partial charge in [0.2, 0.25) is 5.91 Å². The van der Waals surface area contributed by atoms with Gasteiger partial charge in [0.15, 0.2) is 0 Å². The van der Waals surface area contributed by atoms with Gasteiger partial charge in [-0.15, -0.1) is 0 Å². The van der Waals surface area contributed by atoms with E-state index >= 15 is 0 Å². The maximum absolute atomic E-state index is 13.3. The number of carbonyl (C=O) groups excluding carboxylic acids is 2. The van der Waals surface area contributed by atoms with Crippen LogP contribution in [0.5, 0.6) is 5.75 Å². The Bertz CT molecular complexity index is 948. The second kappa shape index (κ2) is 14.1. The van der Waals surface area contributed by atoms with Gasteiger partial charge in [0, 0.05) is 38.3 Å². The molecule has 5 rings (SSSR count). The van der Waals surface area contributed by atoms with Crippen molar-refractivity contribution in [1.29, 1.82) is 0 Å². The number of rotatable bonds is 16. The first-order valence-electron chi connectivity index (χ1n) is 15.4. The van der Waals surface area contributed by atoms with Crippen LogP contribution in [0.1, 0.15) is 82.0 Å². The molecule has 0 aliphatic heterocycles. The van der Waals surface area contributed by atoms with Crippen LogP contribution in [0, 0.1) is 35.0 Å². The molecule has 4 aliphatic rings. The van der Waals surface area contributed by atoms with Crippen LogP contribution in [0.4, 0.5) is 0 Å². The average molecular weight is 558 g/mol. The molecule has 224 valence electrons. The molecule has 40 heavy (non-hydrogen) atoms. The monoisotopic (exact) mass is 557 g/mol. The van der Waals surface area contributed by atoms with Gasteiger partial charge in [-0.1, -0.05) is 26.0 Å². The van der Waals surface area contributed by atoms with Gasteiger partial charge < -0.3 is 30.9 Å². The Morgan fingerprint density at radius 3 is 2.25 bits per heavy atom. The second-order valence-corrected chi connectivity index (χ2v) is 13.1. The second-order valence-electron chi connectivity index (χ2n) is 13.1. The van der Waals surface area contributed by atoms with Crippen LogP contribution in [0.25, 0.3) is 0 Å². The number of nitrogens with one attached hydrogen (secondary N) is 2. The quantitative estimate of drug-likeness (QED) is 0.229. The fraction of sp³-hybridized carbons (Fsp3) is 0.750. The van der Waals surface area contributed by atoms with E-state index in [2.05, 4.69) is 24.5 Å². The molecule has 0 aromatic heterocycles. The summed E-state index contributed by atoms with van der Waals surface area (Å²) in [6.45, 7) is 6.03. The number of ether oxygens (including phenoxy) is 2. The lowest BCUT2D eigenvalue weighted by Crippen LogP contribution is -2.55. The summed E-state index contributed by atoms with van der Waals surface area (Å²) in [6, 6.07) is 6.78. The highest BCUT2D eigenvalue weighted by molar-refractivity contribution is 5.96. The van der Waals surface area contributed by atoms with Gasteiger partial charge in [0.25, 0.3) is 5.91 Å². The molecule has 0 saturated heterocycles. The molecule has 0 radical (unpaired) electrons. The van der Waals surface area contributed by atoms with E-state index < -0.39 is 12.1 Å². The van der Waals surface area contributed by atoms with Crippen molar-refractivity contribution in [3.05, 3.63) is 29.8 Å². The number of hydrogen-bond donors (Lipinski definition) is 4. The van der Waals surface area contributed by atoms with E-state index in [1.807, 2.05) is 18.2 Å². The predicted molar refractivity (Wildman–Crippen MR) is 156 cm³/mol. The molecule has 3 unspecified atom stereocenters. The lowest BCUT2D eigenvalue weighted by molar-refractivity contribution is -0.146. The Balaban J connectivity index is 1.24. The number of carbonyl (C=O) groups is 2. The summed E-state index contributed by atoms with van der Waals surface area (Å²) in [5.74, 6) is 2.93. The Labute approximate surface area is 240 Å². The Hall–Kier alpha value is -2.16. The minimum Gasteiger partial charge on any atom is -0.493 e. The molecule has 4 fully saturated rings. The molecular formula is C32H51N3O5.